The number of methoxy groups -OCH3 is 1. The van der Waals surface area contributed by atoms with Gasteiger partial charge < -0.3 is 19.3 Å². The quantitative estimate of drug-likeness (QED) is 0.589. The number of hydrogen-bond acceptors (Lipinski definition) is 5. The van der Waals surface area contributed by atoms with Crippen LogP contribution >= 0.6 is 0 Å². The summed E-state index contributed by atoms with van der Waals surface area (Å²) in [5.74, 6) is -0.188. The van der Waals surface area contributed by atoms with Crippen molar-refractivity contribution in [2.45, 2.75) is 44.1 Å². The van der Waals surface area contributed by atoms with Crippen LogP contribution in [0.25, 0.3) is 0 Å². The van der Waals surface area contributed by atoms with Crippen LogP contribution in [0.5, 0.6) is 0 Å². The molecule has 3 unspecified atom stereocenters. The summed E-state index contributed by atoms with van der Waals surface area (Å²) in [5.41, 5.74) is -0.609. The smallest absolute Gasteiger partial charge is 0.408 e. The summed E-state index contributed by atoms with van der Waals surface area (Å²) >= 11 is -1.31. The molecule has 1 aliphatic heterocycles. The lowest BCUT2D eigenvalue weighted by Crippen LogP contribution is -2.47. The summed E-state index contributed by atoms with van der Waals surface area (Å²) in [4.78, 5) is 23.1. The van der Waals surface area contributed by atoms with E-state index in [1.165, 1.54) is 7.11 Å². The molecule has 1 N–H and O–H groups in total. The van der Waals surface area contributed by atoms with E-state index in [9.17, 15) is 14.1 Å². The highest BCUT2D eigenvalue weighted by Crippen LogP contribution is 2.22. The molecule has 1 rings (SSSR count). The molecule has 0 aromatic rings. The first-order chi connectivity index (χ1) is 8.24. The molecule has 0 spiro atoms. The van der Waals surface area contributed by atoms with Crippen LogP contribution in [0.4, 0.5) is 4.79 Å². The van der Waals surface area contributed by atoms with Crippen LogP contribution in [0.1, 0.15) is 27.2 Å². The molecule has 0 aromatic heterocycles. The number of carbonyl (C=O) groups is 2. The van der Waals surface area contributed by atoms with Gasteiger partial charge in [0.25, 0.3) is 0 Å². The minimum absolute atomic E-state index is 0.375. The second-order valence-electron chi connectivity index (χ2n) is 5.07. The number of nitrogens with one attached hydrogen (secondary N) is 1. The van der Waals surface area contributed by atoms with Crippen molar-refractivity contribution in [2.24, 2.45) is 0 Å². The molecular weight excluding hydrogens is 258 g/mol. The highest BCUT2D eigenvalue weighted by molar-refractivity contribution is 7.93. The number of alkyl carbamates (subject to hydrolysis) is 1. The first-order valence-corrected chi connectivity index (χ1v) is 7.07. The van der Waals surface area contributed by atoms with Crippen molar-refractivity contribution in [1.82, 2.24) is 5.32 Å². The van der Waals surface area contributed by atoms with E-state index in [0.29, 0.717) is 12.2 Å². The van der Waals surface area contributed by atoms with E-state index in [-0.39, 0.29) is 0 Å². The van der Waals surface area contributed by atoms with Crippen molar-refractivity contribution >= 4 is 23.2 Å². The summed E-state index contributed by atoms with van der Waals surface area (Å²) in [6, 6.07) is -0.492. The van der Waals surface area contributed by atoms with E-state index in [1.807, 2.05) is 0 Å². The fourth-order valence-electron chi connectivity index (χ4n) is 1.70. The van der Waals surface area contributed by atoms with Gasteiger partial charge in [-0.3, -0.25) is 0 Å². The lowest BCUT2D eigenvalue weighted by Gasteiger charge is -2.23. The van der Waals surface area contributed by atoms with Crippen LogP contribution < -0.4 is 5.32 Å². The highest BCUT2D eigenvalue weighted by Gasteiger charge is 2.46. The van der Waals surface area contributed by atoms with Gasteiger partial charge in [0.15, 0.2) is 0 Å². The summed E-state index contributed by atoms with van der Waals surface area (Å²) in [5, 5.41) is 1.77. The second-order valence-corrected chi connectivity index (χ2v) is 6.75. The van der Waals surface area contributed by atoms with E-state index < -0.39 is 40.1 Å². The Labute approximate surface area is 110 Å². The van der Waals surface area contributed by atoms with Gasteiger partial charge in [-0.25, -0.2) is 9.59 Å². The van der Waals surface area contributed by atoms with Crippen molar-refractivity contribution < 1.29 is 23.6 Å². The normalized spacial score (nSPS) is 27.7. The summed E-state index contributed by atoms with van der Waals surface area (Å²) in [6.45, 7) is 5.24. The number of ether oxygens (including phenoxy) is 2. The Kier molecular flexibility index (Phi) is 4.86. The maximum absolute atomic E-state index is 11.7. The lowest BCUT2D eigenvalue weighted by molar-refractivity contribution is -0.140. The van der Waals surface area contributed by atoms with Crippen LogP contribution in [0.2, 0.25) is 0 Å². The zero-order valence-electron chi connectivity index (χ0n) is 11.0. The Balaban J connectivity index is 2.60. The highest BCUT2D eigenvalue weighted by atomic mass is 32.2. The van der Waals surface area contributed by atoms with Gasteiger partial charge in [-0.2, -0.15) is 0 Å². The molecule has 1 fully saturated rings. The maximum atomic E-state index is 11.7. The zero-order chi connectivity index (χ0) is 13.9. The molecule has 0 aliphatic carbocycles. The molecule has 1 saturated heterocycles. The Morgan fingerprint density at radius 3 is 2.50 bits per heavy atom. The second kappa shape index (κ2) is 5.79. The largest absolute Gasteiger partial charge is 0.616 e. The first-order valence-electron chi connectivity index (χ1n) is 5.69. The molecule has 1 heterocycles. The average Bonchev–Trinajstić information content (AvgIpc) is 2.56. The van der Waals surface area contributed by atoms with Crippen LogP contribution in [0.3, 0.4) is 0 Å². The monoisotopic (exact) mass is 277 g/mol. The van der Waals surface area contributed by atoms with Crippen molar-refractivity contribution in [1.29, 1.82) is 0 Å². The standard InChI is InChI=1S/C11H19NO5S/c1-11(2,3)17-10(14)12-7-5-6-18(15)8(7)9(13)16-4/h7-8H,5-6H2,1-4H3,(H,12,14). The van der Waals surface area contributed by atoms with E-state index >= 15 is 0 Å². The molecule has 3 atom stereocenters. The Morgan fingerprint density at radius 2 is 2.00 bits per heavy atom. The number of hydrogen-bond donors (Lipinski definition) is 1. The average molecular weight is 277 g/mol. The van der Waals surface area contributed by atoms with Gasteiger partial charge in [-0.1, -0.05) is 0 Å². The summed E-state index contributed by atoms with van der Waals surface area (Å²) in [6.07, 6.45) is -0.133. The fraction of sp³-hybridized carbons (Fsp3) is 0.818. The number of rotatable bonds is 2. The number of carbonyl (C=O) groups excluding carboxylic acids is 2. The van der Waals surface area contributed by atoms with Crippen molar-refractivity contribution in [3.63, 3.8) is 0 Å². The van der Waals surface area contributed by atoms with Crippen molar-refractivity contribution in [3.05, 3.63) is 0 Å². The van der Waals surface area contributed by atoms with E-state index in [0.717, 1.165) is 0 Å². The van der Waals surface area contributed by atoms with Crippen LogP contribution in [-0.4, -0.2) is 46.4 Å². The molecule has 7 heteroatoms. The predicted octanol–water partition coefficient (Wildman–Crippen LogP) is 0.574. The van der Waals surface area contributed by atoms with E-state index in [2.05, 4.69) is 10.1 Å². The number of esters is 1. The minimum Gasteiger partial charge on any atom is -0.616 e. The maximum Gasteiger partial charge on any atom is 0.408 e. The Bertz CT molecular complexity index is 328. The van der Waals surface area contributed by atoms with E-state index in [1.54, 1.807) is 20.8 Å². The molecule has 1 amide bonds. The lowest BCUT2D eigenvalue weighted by atomic mass is 10.1. The van der Waals surface area contributed by atoms with Gasteiger partial charge in [0.1, 0.15) is 11.4 Å². The molecule has 0 aromatic carbocycles. The predicted molar refractivity (Wildman–Crippen MR) is 66.6 cm³/mol. The zero-order valence-corrected chi connectivity index (χ0v) is 11.8. The Hall–Kier alpha value is -0.950. The van der Waals surface area contributed by atoms with Gasteiger partial charge in [0.2, 0.25) is 5.25 Å². The molecule has 0 saturated carbocycles. The van der Waals surface area contributed by atoms with Crippen molar-refractivity contribution in [3.8, 4) is 0 Å². The third-order valence-corrected chi connectivity index (χ3v) is 4.14. The van der Waals surface area contributed by atoms with Gasteiger partial charge >= 0.3 is 12.1 Å². The van der Waals surface area contributed by atoms with E-state index in [4.69, 9.17) is 4.74 Å². The molecule has 18 heavy (non-hydrogen) atoms. The number of amides is 1. The molecule has 0 bridgehead atoms. The van der Waals surface area contributed by atoms with Gasteiger partial charge in [-0.05, 0) is 31.9 Å². The Morgan fingerprint density at radius 1 is 1.39 bits per heavy atom. The fourth-order valence-corrected chi connectivity index (χ4v) is 3.32. The van der Waals surface area contributed by atoms with Gasteiger partial charge in [0.05, 0.1) is 13.2 Å². The summed E-state index contributed by atoms with van der Waals surface area (Å²) < 4.78 is 21.4. The first kappa shape index (κ1) is 15.1. The topological polar surface area (TPSA) is 87.7 Å². The van der Waals surface area contributed by atoms with Gasteiger partial charge in [0, 0.05) is 6.42 Å². The summed E-state index contributed by atoms with van der Waals surface area (Å²) in [7, 11) is 1.24. The molecule has 0 radical (unpaired) electrons. The van der Waals surface area contributed by atoms with Crippen LogP contribution in [0.15, 0.2) is 0 Å². The van der Waals surface area contributed by atoms with Crippen LogP contribution in [0, 0.1) is 0 Å². The molecule has 104 valence electrons. The van der Waals surface area contributed by atoms with Crippen molar-refractivity contribution in [2.75, 3.05) is 12.9 Å². The molecule has 6 nitrogen and oxygen atoms in total. The third-order valence-electron chi connectivity index (χ3n) is 2.41. The molecule has 1 aliphatic rings. The van der Waals surface area contributed by atoms with Crippen LogP contribution in [-0.2, 0) is 25.4 Å². The van der Waals surface area contributed by atoms with Gasteiger partial charge in [-0.15, -0.1) is 0 Å². The third kappa shape index (κ3) is 4.06. The SMILES string of the molecule is COC(=O)C1C(NC(=O)OC(C)(C)C)CC[S+]1[O-]. The minimum atomic E-state index is -1.31. The molecular formula is C11H19NO5S.